The molecule has 0 saturated carbocycles. The van der Waals surface area contributed by atoms with Gasteiger partial charge >= 0.3 is 0 Å². The second-order valence-corrected chi connectivity index (χ2v) is 5.40. The van der Waals surface area contributed by atoms with E-state index in [2.05, 4.69) is 20.8 Å². The third-order valence-corrected chi connectivity index (χ3v) is 3.83. The summed E-state index contributed by atoms with van der Waals surface area (Å²) >= 11 is 0. The molecule has 2 amide bonds. The molecule has 1 saturated heterocycles. The van der Waals surface area contributed by atoms with Crippen LogP contribution in [0, 0.1) is 0 Å². The first-order valence-corrected chi connectivity index (χ1v) is 7.63. The van der Waals surface area contributed by atoms with E-state index < -0.39 is 0 Å². The van der Waals surface area contributed by atoms with E-state index in [4.69, 9.17) is 0 Å². The molecular formula is C15H18N6O2. The fourth-order valence-corrected chi connectivity index (χ4v) is 2.55. The lowest BCUT2D eigenvalue weighted by Crippen LogP contribution is -2.32. The molecule has 8 nitrogen and oxygen atoms in total. The summed E-state index contributed by atoms with van der Waals surface area (Å²) in [5.74, 6) is -0.0840. The highest BCUT2D eigenvalue weighted by molar-refractivity contribution is 5.94. The van der Waals surface area contributed by atoms with Crippen LogP contribution in [0.5, 0.6) is 0 Å². The fourth-order valence-electron chi connectivity index (χ4n) is 2.55. The molecule has 23 heavy (non-hydrogen) atoms. The molecule has 1 aromatic carbocycles. The van der Waals surface area contributed by atoms with Crippen LogP contribution in [0.2, 0.25) is 0 Å². The molecule has 1 aliphatic heterocycles. The number of tetrazole rings is 1. The van der Waals surface area contributed by atoms with Gasteiger partial charge in [0, 0.05) is 31.6 Å². The van der Waals surface area contributed by atoms with Crippen molar-refractivity contribution >= 4 is 11.8 Å². The Morgan fingerprint density at radius 3 is 2.52 bits per heavy atom. The average Bonchev–Trinajstić information content (AvgIpc) is 3.28. The highest BCUT2D eigenvalue weighted by Gasteiger charge is 2.17. The normalized spacial score (nSPS) is 14.0. The van der Waals surface area contributed by atoms with Crippen LogP contribution < -0.4 is 5.32 Å². The van der Waals surface area contributed by atoms with Crippen LogP contribution in [0.1, 0.15) is 29.6 Å². The van der Waals surface area contributed by atoms with Crippen molar-refractivity contribution in [3.05, 3.63) is 36.2 Å². The number of amides is 2. The molecule has 1 N–H and O–H groups in total. The van der Waals surface area contributed by atoms with Crippen molar-refractivity contribution in [3.63, 3.8) is 0 Å². The van der Waals surface area contributed by atoms with Crippen LogP contribution >= 0.6 is 0 Å². The van der Waals surface area contributed by atoms with Crippen LogP contribution in [0.25, 0.3) is 5.69 Å². The molecule has 3 rings (SSSR count). The Hall–Kier alpha value is -2.77. The van der Waals surface area contributed by atoms with E-state index in [1.165, 1.54) is 11.0 Å². The van der Waals surface area contributed by atoms with Gasteiger partial charge < -0.3 is 10.2 Å². The number of hydrogen-bond acceptors (Lipinski definition) is 5. The van der Waals surface area contributed by atoms with Gasteiger partial charge in [-0.25, -0.2) is 4.68 Å². The van der Waals surface area contributed by atoms with E-state index in [-0.39, 0.29) is 11.8 Å². The van der Waals surface area contributed by atoms with Gasteiger partial charge in [-0.2, -0.15) is 0 Å². The van der Waals surface area contributed by atoms with Crippen LogP contribution in [0.3, 0.4) is 0 Å². The largest absolute Gasteiger partial charge is 0.352 e. The van der Waals surface area contributed by atoms with Gasteiger partial charge in [-0.05, 0) is 47.5 Å². The molecule has 8 heteroatoms. The summed E-state index contributed by atoms with van der Waals surface area (Å²) in [6.07, 6.45) is 3.98. The lowest BCUT2D eigenvalue weighted by atomic mass is 10.2. The predicted molar refractivity (Wildman–Crippen MR) is 81.9 cm³/mol. The van der Waals surface area contributed by atoms with Crippen molar-refractivity contribution in [1.82, 2.24) is 30.4 Å². The number of rotatable bonds is 5. The highest BCUT2D eigenvalue weighted by Crippen LogP contribution is 2.09. The Morgan fingerprint density at radius 2 is 1.87 bits per heavy atom. The van der Waals surface area contributed by atoms with Gasteiger partial charge in [0.1, 0.15) is 6.33 Å². The first kappa shape index (κ1) is 15.1. The fraction of sp³-hybridized carbons (Fsp3) is 0.400. The summed E-state index contributed by atoms with van der Waals surface area (Å²) in [6.45, 7) is 2.03. The number of benzene rings is 1. The van der Waals surface area contributed by atoms with Crippen LogP contribution in [0.4, 0.5) is 0 Å². The molecular weight excluding hydrogens is 296 g/mol. The van der Waals surface area contributed by atoms with E-state index in [1.54, 1.807) is 24.3 Å². The van der Waals surface area contributed by atoms with E-state index in [0.717, 1.165) is 31.6 Å². The Labute approximate surface area is 133 Å². The second kappa shape index (κ2) is 6.99. The molecule has 0 bridgehead atoms. The Kier molecular flexibility index (Phi) is 4.60. The zero-order valence-electron chi connectivity index (χ0n) is 12.7. The molecule has 0 aliphatic carbocycles. The minimum Gasteiger partial charge on any atom is -0.352 e. The van der Waals surface area contributed by atoms with Crippen molar-refractivity contribution in [3.8, 4) is 5.69 Å². The standard InChI is InChI=1S/C15H18N6O2/c22-14(20-9-1-2-10-20)7-8-16-15(23)12-3-5-13(6-4-12)21-11-17-18-19-21/h3-6,11H,1-2,7-10H2,(H,16,23). The monoisotopic (exact) mass is 314 g/mol. The zero-order chi connectivity index (χ0) is 16.1. The lowest BCUT2D eigenvalue weighted by Gasteiger charge is -2.15. The number of hydrogen-bond donors (Lipinski definition) is 1. The topological polar surface area (TPSA) is 93.0 Å². The Bertz CT molecular complexity index is 662. The predicted octanol–water partition coefficient (Wildman–Crippen LogP) is 0.405. The maximum Gasteiger partial charge on any atom is 0.251 e. The highest BCUT2D eigenvalue weighted by atomic mass is 16.2. The third kappa shape index (κ3) is 3.71. The summed E-state index contributed by atoms with van der Waals surface area (Å²) < 4.78 is 1.51. The van der Waals surface area contributed by atoms with Gasteiger partial charge in [0.2, 0.25) is 5.91 Å². The van der Waals surface area contributed by atoms with Crippen molar-refractivity contribution in [2.24, 2.45) is 0 Å². The number of aromatic nitrogens is 4. The molecule has 0 radical (unpaired) electrons. The quantitative estimate of drug-likeness (QED) is 0.862. The summed E-state index contributed by atoms with van der Waals surface area (Å²) in [5.41, 5.74) is 1.31. The second-order valence-electron chi connectivity index (χ2n) is 5.40. The van der Waals surface area contributed by atoms with E-state index in [0.29, 0.717) is 18.5 Å². The van der Waals surface area contributed by atoms with Crippen LogP contribution in [-0.4, -0.2) is 56.6 Å². The molecule has 1 aliphatic rings. The smallest absolute Gasteiger partial charge is 0.251 e. The summed E-state index contributed by atoms with van der Waals surface area (Å²) in [6, 6.07) is 6.94. The molecule has 1 fully saturated rings. The number of carbonyl (C=O) groups excluding carboxylic acids is 2. The average molecular weight is 314 g/mol. The maximum atomic E-state index is 12.1. The van der Waals surface area contributed by atoms with Gasteiger partial charge in [-0.1, -0.05) is 0 Å². The number of nitrogens with one attached hydrogen (secondary N) is 1. The minimum absolute atomic E-state index is 0.108. The first-order valence-electron chi connectivity index (χ1n) is 7.63. The SMILES string of the molecule is O=C(NCCC(=O)N1CCCC1)c1ccc(-n2cnnn2)cc1. The number of nitrogens with zero attached hydrogens (tertiary/aromatic N) is 5. The summed E-state index contributed by atoms with van der Waals surface area (Å²) in [5, 5.41) is 13.7. The van der Waals surface area contributed by atoms with Crippen LogP contribution in [-0.2, 0) is 4.79 Å². The van der Waals surface area contributed by atoms with Crippen LogP contribution in [0.15, 0.2) is 30.6 Å². The first-order chi connectivity index (χ1) is 11.2. The zero-order valence-corrected chi connectivity index (χ0v) is 12.7. The van der Waals surface area contributed by atoms with Gasteiger partial charge in [0.15, 0.2) is 0 Å². The molecule has 2 heterocycles. The molecule has 2 aromatic rings. The molecule has 0 spiro atoms. The molecule has 0 unspecified atom stereocenters. The van der Waals surface area contributed by atoms with Gasteiger partial charge in [-0.15, -0.1) is 5.10 Å². The van der Waals surface area contributed by atoms with E-state index in [9.17, 15) is 9.59 Å². The Morgan fingerprint density at radius 1 is 1.13 bits per heavy atom. The molecule has 1 aromatic heterocycles. The van der Waals surface area contributed by atoms with Crippen molar-refractivity contribution in [2.45, 2.75) is 19.3 Å². The summed E-state index contributed by atoms with van der Waals surface area (Å²) in [4.78, 5) is 25.8. The third-order valence-electron chi connectivity index (χ3n) is 3.83. The molecule has 0 atom stereocenters. The van der Waals surface area contributed by atoms with Crippen molar-refractivity contribution < 1.29 is 9.59 Å². The van der Waals surface area contributed by atoms with E-state index in [1.807, 2.05) is 4.90 Å². The van der Waals surface area contributed by atoms with E-state index >= 15 is 0 Å². The van der Waals surface area contributed by atoms with Gasteiger partial charge in [0.25, 0.3) is 5.91 Å². The number of carbonyl (C=O) groups is 2. The van der Waals surface area contributed by atoms with Crippen molar-refractivity contribution in [1.29, 1.82) is 0 Å². The number of likely N-dealkylation sites (tertiary alicyclic amines) is 1. The lowest BCUT2D eigenvalue weighted by molar-refractivity contribution is -0.129. The van der Waals surface area contributed by atoms with Gasteiger partial charge in [0.05, 0.1) is 5.69 Å². The van der Waals surface area contributed by atoms with Gasteiger partial charge in [-0.3, -0.25) is 9.59 Å². The Balaban J connectivity index is 1.49. The minimum atomic E-state index is -0.192. The van der Waals surface area contributed by atoms with Crippen molar-refractivity contribution in [2.75, 3.05) is 19.6 Å². The summed E-state index contributed by atoms with van der Waals surface area (Å²) in [7, 11) is 0. The maximum absolute atomic E-state index is 12.1. The molecule has 120 valence electrons.